The van der Waals surface area contributed by atoms with Gasteiger partial charge in [-0.1, -0.05) is 43.2 Å². The van der Waals surface area contributed by atoms with Gasteiger partial charge in [0.2, 0.25) is 0 Å². The largest absolute Gasteiger partial charge is 0.457 e. The van der Waals surface area contributed by atoms with Crippen LogP contribution in [0.1, 0.15) is 31.7 Å². The zero-order valence-corrected chi connectivity index (χ0v) is 16.5. The van der Waals surface area contributed by atoms with Crippen LogP contribution in [0.25, 0.3) is 22.2 Å². The Kier molecular flexibility index (Phi) is 4.67. The molecule has 1 aliphatic rings. The van der Waals surface area contributed by atoms with Gasteiger partial charge in [-0.3, -0.25) is 9.36 Å². The number of fused-ring (bicyclic) bond motifs is 1. The molecule has 0 bridgehead atoms. The fraction of sp³-hybridized carbons (Fsp3) is 0.208. The Morgan fingerprint density at radius 3 is 2.37 bits per heavy atom. The van der Waals surface area contributed by atoms with Gasteiger partial charge in [-0.15, -0.1) is 0 Å². The molecule has 0 unspecified atom stereocenters. The Morgan fingerprint density at radius 1 is 0.933 bits per heavy atom. The van der Waals surface area contributed by atoms with Gasteiger partial charge in [0.25, 0.3) is 5.56 Å². The summed E-state index contributed by atoms with van der Waals surface area (Å²) in [6.07, 6.45) is 5.67. The van der Waals surface area contributed by atoms with Crippen LogP contribution in [0.3, 0.4) is 0 Å². The number of aromatic nitrogens is 3. The predicted molar refractivity (Wildman–Crippen MR) is 118 cm³/mol. The number of nitrogen functional groups attached to an aromatic ring is 1. The van der Waals surface area contributed by atoms with Crippen LogP contribution in [0.4, 0.5) is 5.82 Å². The molecule has 6 nitrogen and oxygen atoms in total. The average Bonchev–Trinajstić information content (AvgIpc) is 3.29. The first-order valence-electron chi connectivity index (χ1n) is 10.2. The summed E-state index contributed by atoms with van der Waals surface area (Å²) in [5, 5.41) is 0.723. The number of ether oxygens (including phenoxy) is 1. The molecule has 150 valence electrons. The molecule has 1 aliphatic carbocycles. The summed E-state index contributed by atoms with van der Waals surface area (Å²) in [6, 6.07) is 19.1. The summed E-state index contributed by atoms with van der Waals surface area (Å²) in [6.45, 7) is 0. The van der Waals surface area contributed by atoms with Crippen LogP contribution in [0.2, 0.25) is 0 Å². The number of benzene rings is 2. The van der Waals surface area contributed by atoms with Crippen molar-refractivity contribution in [3.63, 3.8) is 0 Å². The van der Waals surface area contributed by atoms with Gasteiger partial charge >= 0.3 is 0 Å². The maximum absolute atomic E-state index is 13.1. The van der Waals surface area contributed by atoms with E-state index in [1.165, 1.54) is 6.33 Å². The number of hydrogen-bond donors (Lipinski definition) is 1. The van der Waals surface area contributed by atoms with Crippen LogP contribution in [0, 0.1) is 0 Å². The summed E-state index contributed by atoms with van der Waals surface area (Å²) in [7, 11) is 0. The first-order chi connectivity index (χ1) is 14.7. The second-order valence-corrected chi connectivity index (χ2v) is 7.60. The molecule has 0 saturated heterocycles. The number of hydrogen-bond acceptors (Lipinski definition) is 5. The molecule has 6 heteroatoms. The van der Waals surface area contributed by atoms with E-state index in [-0.39, 0.29) is 11.6 Å². The van der Waals surface area contributed by atoms with Crippen LogP contribution < -0.4 is 16.0 Å². The molecule has 2 N–H and O–H groups in total. The van der Waals surface area contributed by atoms with Gasteiger partial charge in [0.1, 0.15) is 29.3 Å². The third kappa shape index (κ3) is 3.30. The average molecular weight is 398 g/mol. The number of rotatable bonds is 4. The monoisotopic (exact) mass is 398 g/mol. The van der Waals surface area contributed by atoms with Gasteiger partial charge < -0.3 is 10.5 Å². The van der Waals surface area contributed by atoms with Crippen molar-refractivity contribution in [1.82, 2.24) is 14.5 Å². The number of anilines is 1. The Morgan fingerprint density at radius 2 is 1.63 bits per heavy atom. The molecular formula is C24H22N4O2. The molecule has 0 aliphatic heterocycles. The second kappa shape index (κ2) is 7.63. The summed E-state index contributed by atoms with van der Waals surface area (Å²) in [5.41, 5.74) is 8.43. The molecule has 2 aromatic heterocycles. The van der Waals surface area contributed by atoms with Crippen molar-refractivity contribution in [2.75, 3.05) is 5.73 Å². The van der Waals surface area contributed by atoms with E-state index in [1.807, 2.05) is 54.6 Å². The lowest BCUT2D eigenvalue weighted by Gasteiger charge is -2.18. The lowest BCUT2D eigenvalue weighted by Crippen LogP contribution is -2.24. The van der Waals surface area contributed by atoms with Gasteiger partial charge in [-0.05, 0) is 42.7 Å². The minimum Gasteiger partial charge on any atom is -0.457 e. The van der Waals surface area contributed by atoms with Gasteiger partial charge in [0, 0.05) is 17.7 Å². The molecule has 2 heterocycles. The highest BCUT2D eigenvalue weighted by Gasteiger charge is 2.23. The summed E-state index contributed by atoms with van der Waals surface area (Å²) in [4.78, 5) is 21.7. The zero-order chi connectivity index (χ0) is 20.5. The lowest BCUT2D eigenvalue weighted by atomic mass is 10.0. The topological polar surface area (TPSA) is 83.0 Å². The Labute approximate surface area is 174 Å². The molecule has 30 heavy (non-hydrogen) atoms. The normalized spacial score (nSPS) is 14.3. The molecule has 1 saturated carbocycles. The standard InChI is InChI=1S/C24H22N4O2/c25-23-22-20(16-10-12-19(13-11-16)30-18-8-2-1-3-9-18)14-21(29)28(17-6-4-5-7-17)24(22)27-15-26-23/h1-3,8-15,17H,4-7H2,(H2,25,26,27). The highest BCUT2D eigenvalue weighted by molar-refractivity contribution is 5.99. The molecule has 5 rings (SSSR count). The minimum atomic E-state index is -0.0490. The van der Waals surface area contributed by atoms with E-state index >= 15 is 0 Å². The Hall–Kier alpha value is -3.67. The van der Waals surface area contributed by atoms with Crippen LogP contribution >= 0.6 is 0 Å². The van der Waals surface area contributed by atoms with Crippen molar-refractivity contribution >= 4 is 16.9 Å². The van der Waals surface area contributed by atoms with E-state index in [0.717, 1.165) is 53.7 Å². The van der Waals surface area contributed by atoms with Crippen molar-refractivity contribution in [2.24, 2.45) is 0 Å². The number of para-hydroxylation sites is 1. The molecule has 0 spiro atoms. The van der Waals surface area contributed by atoms with Crippen molar-refractivity contribution < 1.29 is 4.74 Å². The van der Waals surface area contributed by atoms with E-state index in [9.17, 15) is 4.79 Å². The van der Waals surface area contributed by atoms with Gasteiger partial charge in [0.15, 0.2) is 0 Å². The molecule has 0 amide bonds. The van der Waals surface area contributed by atoms with Crippen molar-refractivity contribution in [1.29, 1.82) is 0 Å². The van der Waals surface area contributed by atoms with E-state index in [0.29, 0.717) is 11.5 Å². The minimum absolute atomic E-state index is 0.0490. The van der Waals surface area contributed by atoms with Crippen LogP contribution in [0.15, 0.2) is 71.8 Å². The smallest absolute Gasteiger partial charge is 0.253 e. The first kappa shape index (κ1) is 18.4. The Balaban J connectivity index is 1.59. The van der Waals surface area contributed by atoms with E-state index in [1.54, 1.807) is 10.6 Å². The van der Waals surface area contributed by atoms with Crippen molar-refractivity contribution in [3.05, 3.63) is 77.3 Å². The molecular weight excluding hydrogens is 376 g/mol. The number of nitrogens with two attached hydrogens (primary N) is 1. The molecule has 0 atom stereocenters. The summed E-state index contributed by atoms with van der Waals surface area (Å²) >= 11 is 0. The predicted octanol–water partition coefficient (Wildman–Crippen LogP) is 4.95. The summed E-state index contributed by atoms with van der Waals surface area (Å²) < 4.78 is 7.68. The molecule has 4 aromatic rings. The van der Waals surface area contributed by atoms with Crippen molar-refractivity contribution in [2.45, 2.75) is 31.7 Å². The fourth-order valence-corrected chi connectivity index (χ4v) is 4.27. The zero-order valence-electron chi connectivity index (χ0n) is 16.5. The third-order valence-electron chi connectivity index (χ3n) is 5.69. The third-order valence-corrected chi connectivity index (χ3v) is 5.69. The fourth-order valence-electron chi connectivity index (χ4n) is 4.27. The quantitative estimate of drug-likeness (QED) is 0.526. The van der Waals surface area contributed by atoms with Crippen LogP contribution in [-0.4, -0.2) is 14.5 Å². The molecule has 0 radical (unpaired) electrons. The Bertz CT molecular complexity index is 1240. The maximum Gasteiger partial charge on any atom is 0.253 e. The highest BCUT2D eigenvalue weighted by Crippen LogP contribution is 2.35. The maximum atomic E-state index is 13.1. The van der Waals surface area contributed by atoms with E-state index in [2.05, 4.69) is 9.97 Å². The highest BCUT2D eigenvalue weighted by atomic mass is 16.5. The van der Waals surface area contributed by atoms with Crippen LogP contribution in [0.5, 0.6) is 11.5 Å². The van der Waals surface area contributed by atoms with Gasteiger partial charge in [-0.25, -0.2) is 9.97 Å². The van der Waals surface area contributed by atoms with E-state index < -0.39 is 0 Å². The van der Waals surface area contributed by atoms with Crippen molar-refractivity contribution in [3.8, 4) is 22.6 Å². The van der Waals surface area contributed by atoms with Crippen LogP contribution in [-0.2, 0) is 0 Å². The number of nitrogens with zero attached hydrogens (tertiary/aromatic N) is 3. The molecule has 2 aromatic carbocycles. The molecule has 1 fully saturated rings. The number of pyridine rings is 1. The van der Waals surface area contributed by atoms with Gasteiger partial charge in [-0.2, -0.15) is 0 Å². The SMILES string of the molecule is Nc1ncnc2c1c(-c1ccc(Oc3ccccc3)cc1)cc(=O)n2C1CCCC1. The lowest BCUT2D eigenvalue weighted by molar-refractivity contribution is 0.483. The van der Waals surface area contributed by atoms with Gasteiger partial charge in [0.05, 0.1) is 5.39 Å². The summed E-state index contributed by atoms with van der Waals surface area (Å²) in [5.74, 6) is 1.87. The second-order valence-electron chi connectivity index (χ2n) is 7.60. The van der Waals surface area contributed by atoms with E-state index in [4.69, 9.17) is 10.5 Å². The first-order valence-corrected chi connectivity index (χ1v) is 10.2.